The van der Waals surface area contributed by atoms with Gasteiger partial charge >= 0.3 is 0 Å². The molecule has 0 radical (unpaired) electrons. The van der Waals surface area contributed by atoms with E-state index in [1.807, 2.05) is 47.0 Å². The van der Waals surface area contributed by atoms with Gasteiger partial charge in [0.05, 0.1) is 35.9 Å². The van der Waals surface area contributed by atoms with Gasteiger partial charge in [0.25, 0.3) is 0 Å². The van der Waals surface area contributed by atoms with Crippen LogP contribution in [0, 0.1) is 0 Å². The smallest absolute Gasteiger partial charge is 0.227 e. The van der Waals surface area contributed by atoms with Crippen molar-refractivity contribution in [3.63, 3.8) is 0 Å². The highest BCUT2D eigenvalue weighted by molar-refractivity contribution is 6.32. The van der Waals surface area contributed by atoms with Crippen LogP contribution in [0.2, 0.25) is 5.02 Å². The molecule has 31 heavy (non-hydrogen) atoms. The largest absolute Gasteiger partial charge is 0.494 e. The molecule has 2 N–H and O–H groups in total. The van der Waals surface area contributed by atoms with Crippen molar-refractivity contribution in [2.75, 3.05) is 25.5 Å². The number of pyridine rings is 1. The maximum Gasteiger partial charge on any atom is 0.227 e. The Balaban J connectivity index is 1.43. The first kappa shape index (κ1) is 19.6. The average molecular weight is 437 g/mol. The Labute approximate surface area is 184 Å². The Morgan fingerprint density at radius 3 is 2.97 bits per heavy atom. The first-order valence-electron chi connectivity index (χ1n) is 9.99. The van der Waals surface area contributed by atoms with Crippen molar-refractivity contribution in [3.8, 4) is 22.9 Å². The number of hydrogen-bond donors (Lipinski definition) is 2. The van der Waals surface area contributed by atoms with Gasteiger partial charge in [0.2, 0.25) is 5.95 Å². The van der Waals surface area contributed by atoms with Crippen LogP contribution >= 0.6 is 11.6 Å². The Morgan fingerprint density at radius 2 is 2.13 bits per heavy atom. The second-order valence-electron chi connectivity index (χ2n) is 7.18. The molecule has 1 fully saturated rings. The first-order valence-corrected chi connectivity index (χ1v) is 10.4. The predicted octanol–water partition coefficient (Wildman–Crippen LogP) is 3.94. The predicted molar refractivity (Wildman–Crippen MR) is 119 cm³/mol. The van der Waals surface area contributed by atoms with Crippen LogP contribution in [-0.2, 0) is 0 Å². The van der Waals surface area contributed by atoms with Crippen molar-refractivity contribution in [1.29, 1.82) is 0 Å². The Hall–Kier alpha value is -3.36. The zero-order chi connectivity index (χ0) is 21.2. The van der Waals surface area contributed by atoms with Gasteiger partial charge in [-0.2, -0.15) is 0 Å². The van der Waals surface area contributed by atoms with Crippen molar-refractivity contribution in [1.82, 2.24) is 24.7 Å². The number of methoxy groups -OCH3 is 1. The molecule has 0 amide bonds. The highest BCUT2D eigenvalue weighted by Crippen LogP contribution is 2.33. The molecule has 9 heteroatoms. The number of benzene rings is 1. The number of halogens is 1. The molecule has 1 aliphatic heterocycles. The summed E-state index contributed by atoms with van der Waals surface area (Å²) in [6.07, 6.45) is 6.41. The van der Waals surface area contributed by atoms with Crippen LogP contribution in [0.3, 0.4) is 0 Å². The SMILES string of the molecule is COc1cc(O[C@H]2CCNC2)ccc1Nc1ncc(Cl)c(-c2cnc3ccccn23)n1. The lowest BCUT2D eigenvalue weighted by Crippen LogP contribution is -2.19. The molecule has 4 aromatic rings. The Morgan fingerprint density at radius 1 is 1.19 bits per heavy atom. The summed E-state index contributed by atoms with van der Waals surface area (Å²) in [5, 5.41) is 6.96. The van der Waals surface area contributed by atoms with E-state index in [1.54, 1.807) is 19.5 Å². The molecule has 4 heterocycles. The summed E-state index contributed by atoms with van der Waals surface area (Å²) in [6.45, 7) is 1.83. The zero-order valence-corrected chi connectivity index (χ0v) is 17.6. The van der Waals surface area contributed by atoms with Gasteiger partial charge in [0.1, 0.15) is 28.9 Å². The Bertz CT molecular complexity index is 1220. The summed E-state index contributed by atoms with van der Waals surface area (Å²) in [5.74, 6) is 1.80. The van der Waals surface area contributed by atoms with Gasteiger partial charge in [-0.25, -0.2) is 15.0 Å². The fraction of sp³-hybridized carbons (Fsp3) is 0.227. The number of nitrogens with zero attached hydrogens (tertiary/aromatic N) is 4. The fourth-order valence-electron chi connectivity index (χ4n) is 3.60. The van der Waals surface area contributed by atoms with Gasteiger partial charge in [0.15, 0.2) is 0 Å². The van der Waals surface area contributed by atoms with Gasteiger partial charge in [-0.1, -0.05) is 17.7 Å². The second-order valence-corrected chi connectivity index (χ2v) is 7.59. The summed E-state index contributed by atoms with van der Waals surface area (Å²) in [5.41, 5.74) is 2.92. The summed E-state index contributed by atoms with van der Waals surface area (Å²) in [4.78, 5) is 13.4. The minimum Gasteiger partial charge on any atom is -0.494 e. The lowest BCUT2D eigenvalue weighted by atomic mass is 10.2. The van der Waals surface area contributed by atoms with Gasteiger partial charge in [-0.15, -0.1) is 0 Å². The molecular formula is C22H21ClN6O2. The van der Waals surface area contributed by atoms with Crippen molar-refractivity contribution in [2.45, 2.75) is 12.5 Å². The molecule has 3 aromatic heterocycles. The molecule has 1 aliphatic rings. The lowest BCUT2D eigenvalue weighted by molar-refractivity contribution is 0.222. The van der Waals surface area contributed by atoms with E-state index in [2.05, 4.69) is 25.6 Å². The van der Waals surface area contributed by atoms with Crippen LogP contribution in [-0.4, -0.2) is 45.7 Å². The van der Waals surface area contributed by atoms with E-state index in [1.165, 1.54) is 0 Å². The molecule has 8 nitrogen and oxygen atoms in total. The van der Waals surface area contributed by atoms with E-state index in [4.69, 9.17) is 21.1 Å². The molecule has 1 aromatic carbocycles. The maximum atomic E-state index is 6.41. The van der Waals surface area contributed by atoms with Crippen LogP contribution in [0.15, 0.2) is 55.0 Å². The van der Waals surface area contributed by atoms with Gasteiger partial charge in [-0.3, -0.25) is 4.40 Å². The highest BCUT2D eigenvalue weighted by atomic mass is 35.5. The van der Waals surface area contributed by atoms with E-state index >= 15 is 0 Å². The van der Waals surface area contributed by atoms with E-state index in [0.717, 1.165) is 42.3 Å². The van der Waals surface area contributed by atoms with E-state index < -0.39 is 0 Å². The third-order valence-corrected chi connectivity index (χ3v) is 5.42. The maximum absolute atomic E-state index is 6.41. The summed E-state index contributed by atoms with van der Waals surface area (Å²) in [6, 6.07) is 11.5. The van der Waals surface area contributed by atoms with Crippen LogP contribution in [0.5, 0.6) is 11.5 Å². The summed E-state index contributed by atoms with van der Waals surface area (Å²) >= 11 is 6.41. The molecule has 0 unspecified atom stereocenters. The van der Waals surface area contributed by atoms with E-state index in [0.29, 0.717) is 22.4 Å². The standard InChI is InChI=1S/C22H21ClN6O2/c1-30-19-10-14(31-15-7-8-24-11-15)5-6-17(19)27-22-26-12-16(23)21(28-22)18-13-25-20-4-2-3-9-29(18)20/h2-6,9-10,12-13,15,24H,7-8,11H2,1H3,(H,26,27,28)/t15-/m0/s1. The molecular weight excluding hydrogens is 416 g/mol. The molecule has 5 rings (SSSR count). The van der Waals surface area contributed by atoms with Crippen LogP contribution < -0.4 is 20.1 Å². The number of ether oxygens (including phenoxy) is 2. The van der Waals surface area contributed by atoms with Crippen molar-refractivity contribution >= 4 is 28.9 Å². The lowest BCUT2D eigenvalue weighted by Gasteiger charge is -2.16. The van der Waals surface area contributed by atoms with Crippen molar-refractivity contribution < 1.29 is 9.47 Å². The number of imidazole rings is 1. The number of anilines is 2. The normalized spacial score (nSPS) is 15.9. The van der Waals surface area contributed by atoms with Crippen LogP contribution in [0.1, 0.15) is 6.42 Å². The molecule has 158 valence electrons. The Kier molecular flexibility index (Phi) is 5.31. The molecule has 0 aliphatic carbocycles. The summed E-state index contributed by atoms with van der Waals surface area (Å²) < 4.78 is 13.5. The number of fused-ring (bicyclic) bond motifs is 1. The quantitative estimate of drug-likeness (QED) is 0.473. The molecule has 0 bridgehead atoms. The second kappa shape index (κ2) is 8.41. The highest BCUT2D eigenvalue weighted by Gasteiger charge is 2.17. The van der Waals surface area contributed by atoms with Crippen LogP contribution in [0.4, 0.5) is 11.6 Å². The molecule has 1 atom stereocenters. The van der Waals surface area contributed by atoms with E-state index in [9.17, 15) is 0 Å². The number of hydrogen-bond acceptors (Lipinski definition) is 7. The minimum atomic E-state index is 0.177. The number of aromatic nitrogens is 4. The first-order chi connectivity index (χ1) is 15.2. The van der Waals surface area contributed by atoms with Gasteiger partial charge < -0.3 is 20.1 Å². The van der Waals surface area contributed by atoms with Crippen LogP contribution in [0.25, 0.3) is 17.0 Å². The number of rotatable bonds is 6. The minimum absolute atomic E-state index is 0.177. The topological polar surface area (TPSA) is 85.6 Å². The molecule has 0 saturated carbocycles. The van der Waals surface area contributed by atoms with E-state index in [-0.39, 0.29) is 6.10 Å². The third kappa shape index (κ3) is 3.99. The average Bonchev–Trinajstić information content (AvgIpc) is 3.46. The molecule has 0 spiro atoms. The zero-order valence-electron chi connectivity index (χ0n) is 16.9. The fourth-order valence-corrected chi connectivity index (χ4v) is 3.79. The van der Waals surface area contributed by atoms with Gasteiger partial charge in [-0.05, 0) is 37.2 Å². The van der Waals surface area contributed by atoms with Gasteiger partial charge in [0, 0.05) is 18.8 Å². The monoisotopic (exact) mass is 436 g/mol. The van der Waals surface area contributed by atoms with Crippen molar-refractivity contribution in [3.05, 3.63) is 60.0 Å². The third-order valence-electron chi connectivity index (χ3n) is 5.14. The number of nitrogens with one attached hydrogen (secondary N) is 2. The molecule has 1 saturated heterocycles. The summed E-state index contributed by atoms with van der Waals surface area (Å²) in [7, 11) is 1.62. The van der Waals surface area contributed by atoms with Crippen molar-refractivity contribution in [2.24, 2.45) is 0 Å².